The van der Waals surface area contributed by atoms with Crippen molar-refractivity contribution in [2.75, 3.05) is 0 Å². The number of rotatable bonds is 4. The predicted molar refractivity (Wildman–Crippen MR) is 79.4 cm³/mol. The molecule has 112 valence electrons. The largest absolute Gasteiger partial charge is 0.478 e. The molecule has 0 fully saturated rings. The first-order valence-electron chi connectivity index (χ1n) is 6.76. The maximum atomic E-state index is 11.7. The Morgan fingerprint density at radius 2 is 1.90 bits per heavy atom. The summed E-state index contributed by atoms with van der Waals surface area (Å²) in [6, 6.07) is 0. The van der Waals surface area contributed by atoms with Crippen LogP contribution >= 0.6 is 11.6 Å². The molecule has 21 heavy (non-hydrogen) atoms. The van der Waals surface area contributed by atoms with E-state index in [1.54, 1.807) is 13.8 Å². The SMILES string of the molecule is CCc1nnc(-n2nc(C)c(Cl)c2C)c(C(=O)O)c1CC. The molecule has 2 aromatic rings. The first-order chi connectivity index (χ1) is 9.92. The third kappa shape index (κ3) is 2.51. The van der Waals surface area contributed by atoms with Gasteiger partial charge in [-0.2, -0.15) is 10.2 Å². The third-order valence-electron chi connectivity index (χ3n) is 3.45. The molecule has 1 N–H and O–H groups in total. The van der Waals surface area contributed by atoms with Crippen LogP contribution in [0.1, 0.15) is 46.9 Å². The van der Waals surface area contributed by atoms with Crippen LogP contribution in [0, 0.1) is 13.8 Å². The highest BCUT2D eigenvalue weighted by molar-refractivity contribution is 6.31. The summed E-state index contributed by atoms with van der Waals surface area (Å²) in [5.41, 5.74) is 2.82. The minimum absolute atomic E-state index is 0.145. The molecule has 6 nitrogen and oxygen atoms in total. The van der Waals surface area contributed by atoms with Crippen LogP contribution in [0.4, 0.5) is 0 Å². The molecule has 0 aromatic carbocycles. The lowest BCUT2D eigenvalue weighted by Crippen LogP contribution is -2.17. The van der Waals surface area contributed by atoms with Gasteiger partial charge in [0.05, 0.1) is 22.1 Å². The van der Waals surface area contributed by atoms with E-state index in [4.69, 9.17) is 11.6 Å². The summed E-state index contributed by atoms with van der Waals surface area (Å²) in [5, 5.41) is 22.6. The summed E-state index contributed by atoms with van der Waals surface area (Å²) >= 11 is 6.13. The molecule has 0 radical (unpaired) electrons. The number of aryl methyl sites for hydroxylation is 2. The highest BCUT2D eigenvalue weighted by atomic mass is 35.5. The van der Waals surface area contributed by atoms with Crippen LogP contribution in [0.15, 0.2) is 0 Å². The van der Waals surface area contributed by atoms with Crippen molar-refractivity contribution in [3.05, 3.63) is 33.2 Å². The molecule has 0 aliphatic carbocycles. The molecule has 0 saturated carbocycles. The van der Waals surface area contributed by atoms with Gasteiger partial charge in [0.2, 0.25) is 0 Å². The summed E-state index contributed by atoms with van der Waals surface area (Å²) in [4.78, 5) is 11.7. The average molecular weight is 309 g/mol. The summed E-state index contributed by atoms with van der Waals surface area (Å²) in [6.07, 6.45) is 1.20. The first-order valence-corrected chi connectivity index (χ1v) is 7.13. The van der Waals surface area contributed by atoms with Crippen molar-refractivity contribution in [1.82, 2.24) is 20.0 Å². The number of carboxylic acids is 1. The Hall–Kier alpha value is -1.95. The minimum Gasteiger partial charge on any atom is -0.478 e. The zero-order valence-corrected chi connectivity index (χ0v) is 13.2. The van der Waals surface area contributed by atoms with Crippen molar-refractivity contribution in [3.63, 3.8) is 0 Å². The number of aromatic nitrogens is 4. The van der Waals surface area contributed by atoms with Gasteiger partial charge in [0.1, 0.15) is 5.56 Å². The minimum atomic E-state index is -1.03. The van der Waals surface area contributed by atoms with E-state index in [0.717, 1.165) is 0 Å². The van der Waals surface area contributed by atoms with Crippen LogP contribution in [0.3, 0.4) is 0 Å². The molecule has 0 spiro atoms. The van der Waals surface area contributed by atoms with E-state index in [0.29, 0.717) is 40.5 Å². The van der Waals surface area contributed by atoms with Gasteiger partial charge >= 0.3 is 5.97 Å². The summed E-state index contributed by atoms with van der Waals surface area (Å²) in [7, 11) is 0. The molecule has 0 saturated heterocycles. The van der Waals surface area contributed by atoms with Gasteiger partial charge in [0.25, 0.3) is 0 Å². The Morgan fingerprint density at radius 1 is 1.24 bits per heavy atom. The number of halogens is 1. The Labute approximate surface area is 127 Å². The Morgan fingerprint density at radius 3 is 2.33 bits per heavy atom. The smallest absolute Gasteiger partial charge is 0.339 e. The topological polar surface area (TPSA) is 80.9 Å². The van der Waals surface area contributed by atoms with Gasteiger partial charge in [-0.3, -0.25) is 0 Å². The van der Waals surface area contributed by atoms with E-state index in [1.807, 2.05) is 13.8 Å². The summed E-state index contributed by atoms with van der Waals surface area (Å²) in [6.45, 7) is 7.37. The maximum absolute atomic E-state index is 11.7. The van der Waals surface area contributed by atoms with Gasteiger partial charge in [-0.1, -0.05) is 25.4 Å². The molecule has 2 heterocycles. The highest BCUT2D eigenvalue weighted by Gasteiger charge is 2.24. The van der Waals surface area contributed by atoms with Crippen molar-refractivity contribution in [2.24, 2.45) is 0 Å². The van der Waals surface area contributed by atoms with E-state index in [1.165, 1.54) is 4.68 Å². The van der Waals surface area contributed by atoms with Crippen molar-refractivity contribution in [3.8, 4) is 5.82 Å². The molecular weight excluding hydrogens is 292 g/mol. The lowest BCUT2D eigenvalue weighted by Gasteiger charge is -2.13. The molecule has 0 amide bonds. The Kier molecular flexibility index (Phi) is 4.27. The lowest BCUT2D eigenvalue weighted by molar-refractivity contribution is 0.0694. The van der Waals surface area contributed by atoms with E-state index >= 15 is 0 Å². The number of hydrogen-bond donors (Lipinski definition) is 1. The number of carbonyl (C=O) groups is 1. The van der Waals surface area contributed by atoms with Crippen molar-refractivity contribution in [2.45, 2.75) is 40.5 Å². The van der Waals surface area contributed by atoms with Crippen LogP contribution < -0.4 is 0 Å². The number of aromatic carboxylic acids is 1. The second-order valence-corrected chi connectivity index (χ2v) is 5.11. The van der Waals surface area contributed by atoms with Gasteiger partial charge in [-0.15, -0.1) is 5.10 Å². The van der Waals surface area contributed by atoms with Crippen LogP contribution in [0.25, 0.3) is 5.82 Å². The van der Waals surface area contributed by atoms with E-state index < -0.39 is 5.97 Å². The highest BCUT2D eigenvalue weighted by Crippen LogP contribution is 2.25. The van der Waals surface area contributed by atoms with Crippen molar-refractivity contribution >= 4 is 17.6 Å². The van der Waals surface area contributed by atoms with Crippen molar-refractivity contribution in [1.29, 1.82) is 0 Å². The predicted octanol–water partition coefficient (Wildman–Crippen LogP) is 2.76. The van der Waals surface area contributed by atoms with Gasteiger partial charge in [-0.25, -0.2) is 9.48 Å². The Balaban J connectivity index is 2.80. The van der Waals surface area contributed by atoms with E-state index in [2.05, 4.69) is 15.3 Å². The van der Waals surface area contributed by atoms with Gasteiger partial charge in [0, 0.05) is 0 Å². The first kappa shape index (κ1) is 15.4. The molecular formula is C14H17ClN4O2. The number of nitrogens with zero attached hydrogens (tertiary/aromatic N) is 4. The van der Waals surface area contributed by atoms with E-state index in [-0.39, 0.29) is 11.4 Å². The standard InChI is InChI=1S/C14H17ClN4O2/c1-5-9-10(6-2)16-17-13(11(9)14(20)21)19-8(4)12(15)7(3)18-19/h5-6H2,1-4H3,(H,20,21). The quantitative estimate of drug-likeness (QED) is 0.939. The summed E-state index contributed by atoms with van der Waals surface area (Å²) in [5.74, 6) is -0.820. The molecule has 0 atom stereocenters. The lowest BCUT2D eigenvalue weighted by atomic mass is 10.0. The maximum Gasteiger partial charge on any atom is 0.339 e. The zero-order chi connectivity index (χ0) is 15.7. The molecule has 7 heteroatoms. The Bertz CT molecular complexity index is 709. The van der Waals surface area contributed by atoms with Crippen molar-refractivity contribution < 1.29 is 9.90 Å². The second-order valence-electron chi connectivity index (χ2n) is 4.73. The molecule has 0 aliphatic heterocycles. The average Bonchev–Trinajstić information content (AvgIpc) is 2.72. The fourth-order valence-electron chi connectivity index (χ4n) is 2.37. The van der Waals surface area contributed by atoms with E-state index in [9.17, 15) is 9.90 Å². The van der Waals surface area contributed by atoms with Gasteiger partial charge < -0.3 is 5.11 Å². The molecule has 0 bridgehead atoms. The summed E-state index contributed by atoms with van der Waals surface area (Å²) < 4.78 is 1.45. The van der Waals surface area contributed by atoms with Crippen LogP contribution in [-0.2, 0) is 12.8 Å². The second kappa shape index (κ2) is 5.81. The fraction of sp³-hybridized carbons (Fsp3) is 0.429. The fourth-order valence-corrected chi connectivity index (χ4v) is 2.48. The molecule has 2 aromatic heterocycles. The molecule has 2 rings (SSSR count). The van der Waals surface area contributed by atoms with Crippen LogP contribution in [-0.4, -0.2) is 31.1 Å². The zero-order valence-electron chi connectivity index (χ0n) is 12.4. The molecule has 0 unspecified atom stereocenters. The van der Waals surface area contributed by atoms with Crippen LogP contribution in [0.2, 0.25) is 5.02 Å². The van der Waals surface area contributed by atoms with Gasteiger partial charge in [-0.05, 0) is 32.3 Å². The molecule has 0 aliphatic rings. The van der Waals surface area contributed by atoms with Crippen LogP contribution in [0.5, 0.6) is 0 Å². The van der Waals surface area contributed by atoms with Gasteiger partial charge in [0.15, 0.2) is 5.82 Å². The monoisotopic (exact) mass is 308 g/mol. The normalized spacial score (nSPS) is 10.9. The number of carboxylic acid groups (broad SMARTS) is 1. The third-order valence-corrected chi connectivity index (χ3v) is 3.99. The number of hydrogen-bond acceptors (Lipinski definition) is 4.